The SMILES string of the molecule is C=CCC(C)(C(=C)O)c1nc(-c2ccc(C(N)=O)cc2N)nc(-c2ccccc2O)n1. The van der Waals surface area contributed by atoms with Crippen molar-refractivity contribution in [3.8, 4) is 28.5 Å². The minimum atomic E-state index is -1.06. The third-order valence-electron chi connectivity index (χ3n) is 5.04. The van der Waals surface area contributed by atoms with Crippen LogP contribution < -0.4 is 11.5 Å². The molecule has 2 aromatic carbocycles. The molecular formula is C23H23N5O3. The lowest BCUT2D eigenvalue weighted by molar-refractivity contribution is 0.100. The van der Waals surface area contributed by atoms with E-state index in [4.69, 9.17) is 11.5 Å². The minimum Gasteiger partial charge on any atom is -0.512 e. The Balaban J connectivity index is 2.31. The Labute approximate surface area is 179 Å². The number of rotatable bonds is 7. The van der Waals surface area contributed by atoms with Gasteiger partial charge in [0.1, 0.15) is 11.6 Å². The largest absolute Gasteiger partial charge is 0.512 e. The van der Waals surface area contributed by atoms with Crippen LogP contribution in [-0.4, -0.2) is 31.1 Å². The summed E-state index contributed by atoms with van der Waals surface area (Å²) >= 11 is 0. The van der Waals surface area contributed by atoms with Gasteiger partial charge in [-0.3, -0.25) is 4.79 Å². The number of carbonyl (C=O) groups excluding carboxylic acids is 1. The van der Waals surface area contributed by atoms with Crippen LogP contribution in [0.1, 0.15) is 29.5 Å². The van der Waals surface area contributed by atoms with Gasteiger partial charge in [-0.25, -0.2) is 15.0 Å². The maximum atomic E-state index is 11.5. The standard InChI is InChI=1S/C23H23N5O3/c1-4-11-23(3,13(2)29)22-27-20(15-10-9-14(19(25)31)12-17(15)24)26-21(28-22)16-7-5-6-8-18(16)30/h4-10,12,29-30H,1-2,11,24H2,3H3,(H2,25,31). The lowest BCUT2D eigenvalue weighted by Gasteiger charge is -2.26. The molecule has 158 valence electrons. The first-order valence-electron chi connectivity index (χ1n) is 9.41. The molecule has 8 heteroatoms. The highest BCUT2D eigenvalue weighted by atomic mass is 16.3. The monoisotopic (exact) mass is 417 g/mol. The van der Waals surface area contributed by atoms with Crippen molar-refractivity contribution in [1.82, 2.24) is 15.0 Å². The first-order chi connectivity index (χ1) is 14.7. The lowest BCUT2D eigenvalue weighted by atomic mass is 9.84. The second kappa shape index (κ2) is 8.27. The van der Waals surface area contributed by atoms with Gasteiger partial charge in [0.05, 0.1) is 16.7 Å². The fourth-order valence-corrected chi connectivity index (χ4v) is 3.07. The van der Waals surface area contributed by atoms with Crippen LogP contribution >= 0.6 is 0 Å². The molecule has 0 aliphatic heterocycles. The van der Waals surface area contributed by atoms with Gasteiger partial charge in [-0.1, -0.05) is 24.8 Å². The highest BCUT2D eigenvalue weighted by molar-refractivity contribution is 5.95. The van der Waals surface area contributed by atoms with Crippen molar-refractivity contribution >= 4 is 11.6 Å². The summed E-state index contributed by atoms with van der Waals surface area (Å²) in [6, 6.07) is 11.1. The quantitative estimate of drug-likeness (QED) is 0.261. The van der Waals surface area contributed by atoms with E-state index in [2.05, 4.69) is 28.1 Å². The molecule has 0 aliphatic carbocycles. The molecular weight excluding hydrogens is 394 g/mol. The number of para-hydroxylation sites is 1. The Morgan fingerprint density at radius 2 is 1.77 bits per heavy atom. The molecule has 0 bridgehead atoms. The van der Waals surface area contributed by atoms with Crippen molar-refractivity contribution in [2.45, 2.75) is 18.8 Å². The number of aromatic nitrogens is 3. The molecule has 0 aliphatic rings. The number of benzene rings is 2. The van der Waals surface area contributed by atoms with E-state index in [9.17, 15) is 15.0 Å². The van der Waals surface area contributed by atoms with Crippen molar-refractivity contribution in [1.29, 1.82) is 0 Å². The topological polar surface area (TPSA) is 148 Å². The first kappa shape index (κ1) is 21.5. The molecule has 1 aromatic heterocycles. The summed E-state index contributed by atoms with van der Waals surface area (Å²) in [6.07, 6.45) is 1.93. The number of anilines is 1. The predicted molar refractivity (Wildman–Crippen MR) is 119 cm³/mol. The van der Waals surface area contributed by atoms with E-state index in [1.165, 1.54) is 18.2 Å². The molecule has 1 atom stereocenters. The molecule has 8 nitrogen and oxygen atoms in total. The molecule has 0 spiro atoms. The molecule has 1 amide bonds. The molecule has 31 heavy (non-hydrogen) atoms. The Kier molecular flexibility index (Phi) is 5.74. The number of hydrogen-bond donors (Lipinski definition) is 4. The molecule has 1 unspecified atom stereocenters. The van der Waals surface area contributed by atoms with Gasteiger partial charge in [-0.05, 0) is 43.7 Å². The molecule has 0 saturated carbocycles. The summed E-state index contributed by atoms with van der Waals surface area (Å²) in [5.74, 6) is -0.164. The number of allylic oxidation sites excluding steroid dienone is 2. The summed E-state index contributed by atoms with van der Waals surface area (Å²) in [5.41, 5.74) is 11.7. The fourth-order valence-electron chi connectivity index (χ4n) is 3.07. The van der Waals surface area contributed by atoms with Gasteiger partial charge in [-0.2, -0.15) is 0 Å². The molecule has 3 aromatic rings. The number of aromatic hydroxyl groups is 1. The van der Waals surface area contributed by atoms with Crippen LogP contribution in [0.15, 0.2) is 67.5 Å². The van der Waals surface area contributed by atoms with Crippen LogP contribution in [0, 0.1) is 0 Å². The van der Waals surface area contributed by atoms with Crippen LogP contribution in [0.25, 0.3) is 22.8 Å². The van der Waals surface area contributed by atoms with Gasteiger partial charge >= 0.3 is 0 Å². The van der Waals surface area contributed by atoms with Crippen LogP contribution in [0.2, 0.25) is 0 Å². The number of carbonyl (C=O) groups is 1. The predicted octanol–water partition coefficient (Wildman–Crippen LogP) is 3.50. The molecule has 0 radical (unpaired) electrons. The zero-order chi connectivity index (χ0) is 22.8. The van der Waals surface area contributed by atoms with Crippen LogP contribution in [0.3, 0.4) is 0 Å². The van der Waals surface area contributed by atoms with E-state index in [0.717, 1.165) is 0 Å². The van der Waals surface area contributed by atoms with E-state index in [1.54, 1.807) is 37.3 Å². The smallest absolute Gasteiger partial charge is 0.248 e. The number of nitrogens with two attached hydrogens (primary N) is 2. The Bertz CT molecular complexity index is 1190. The third-order valence-corrected chi connectivity index (χ3v) is 5.04. The van der Waals surface area contributed by atoms with Gasteiger partial charge < -0.3 is 21.7 Å². The number of nitrogen functional groups attached to an aromatic ring is 1. The number of amides is 1. The summed E-state index contributed by atoms with van der Waals surface area (Å²) in [4.78, 5) is 25.0. The molecule has 3 rings (SSSR count). The molecule has 1 heterocycles. The van der Waals surface area contributed by atoms with Crippen molar-refractivity contribution in [2.24, 2.45) is 5.73 Å². The zero-order valence-corrected chi connectivity index (χ0v) is 17.0. The minimum absolute atomic E-state index is 0.0177. The highest BCUT2D eigenvalue weighted by Gasteiger charge is 2.34. The molecule has 0 saturated heterocycles. The number of aliphatic hydroxyl groups is 1. The van der Waals surface area contributed by atoms with E-state index in [0.29, 0.717) is 17.5 Å². The van der Waals surface area contributed by atoms with Crippen LogP contribution in [-0.2, 0) is 5.41 Å². The number of phenols is 1. The van der Waals surface area contributed by atoms with E-state index in [1.807, 2.05) is 0 Å². The second-order valence-electron chi connectivity index (χ2n) is 7.26. The normalized spacial score (nSPS) is 12.7. The van der Waals surface area contributed by atoms with Crippen molar-refractivity contribution in [3.63, 3.8) is 0 Å². The maximum absolute atomic E-state index is 11.5. The van der Waals surface area contributed by atoms with Gasteiger partial charge in [0.25, 0.3) is 0 Å². The first-order valence-corrected chi connectivity index (χ1v) is 9.41. The van der Waals surface area contributed by atoms with Crippen molar-refractivity contribution in [2.75, 3.05) is 5.73 Å². The van der Waals surface area contributed by atoms with Crippen LogP contribution in [0.5, 0.6) is 5.75 Å². The van der Waals surface area contributed by atoms with E-state index in [-0.39, 0.29) is 40.2 Å². The lowest BCUT2D eigenvalue weighted by Crippen LogP contribution is -2.27. The van der Waals surface area contributed by atoms with Crippen molar-refractivity contribution < 1.29 is 15.0 Å². The van der Waals surface area contributed by atoms with Gasteiger partial charge in [0.2, 0.25) is 5.91 Å². The second-order valence-corrected chi connectivity index (χ2v) is 7.26. The molecule has 0 fully saturated rings. The fraction of sp³-hybridized carbons (Fsp3) is 0.130. The Morgan fingerprint density at radius 1 is 1.13 bits per heavy atom. The summed E-state index contributed by atoms with van der Waals surface area (Å²) < 4.78 is 0. The summed E-state index contributed by atoms with van der Waals surface area (Å²) in [5, 5.41) is 20.6. The number of hydrogen-bond acceptors (Lipinski definition) is 7. The highest BCUT2D eigenvalue weighted by Crippen LogP contribution is 2.35. The Morgan fingerprint density at radius 3 is 2.32 bits per heavy atom. The van der Waals surface area contributed by atoms with Crippen LogP contribution in [0.4, 0.5) is 5.69 Å². The molecule has 6 N–H and O–H groups in total. The summed E-state index contributed by atoms with van der Waals surface area (Å²) in [7, 11) is 0. The zero-order valence-electron chi connectivity index (χ0n) is 17.0. The number of nitrogens with zero attached hydrogens (tertiary/aromatic N) is 3. The van der Waals surface area contributed by atoms with Gasteiger partial charge in [0, 0.05) is 16.8 Å². The van der Waals surface area contributed by atoms with Crippen molar-refractivity contribution in [3.05, 3.63) is 78.8 Å². The van der Waals surface area contributed by atoms with E-state index >= 15 is 0 Å². The average Bonchev–Trinajstić information content (AvgIpc) is 2.73. The number of phenolic OH excluding ortho intramolecular Hbond substituents is 1. The average molecular weight is 417 g/mol. The number of aliphatic hydroxyl groups excluding tert-OH is 1. The third kappa shape index (κ3) is 4.09. The van der Waals surface area contributed by atoms with E-state index < -0.39 is 11.3 Å². The van der Waals surface area contributed by atoms with Gasteiger partial charge in [0.15, 0.2) is 11.6 Å². The number of primary amides is 1. The summed E-state index contributed by atoms with van der Waals surface area (Å²) in [6.45, 7) is 9.14. The Hall–Kier alpha value is -4.20. The maximum Gasteiger partial charge on any atom is 0.248 e. The van der Waals surface area contributed by atoms with Gasteiger partial charge in [-0.15, -0.1) is 6.58 Å².